The molecule has 0 spiro atoms. The Balaban J connectivity index is 1.69. The molecule has 2 amide bonds. The van der Waals surface area contributed by atoms with Gasteiger partial charge in [0.25, 0.3) is 0 Å². The average Bonchev–Trinajstić information content (AvgIpc) is 3.02. The molecule has 1 aliphatic heterocycles. The van der Waals surface area contributed by atoms with Crippen LogP contribution in [-0.4, -0.2) is 51.8 Å². The lowest BCUT2D eigenvalue weighted by atomic mass is 10.2. The third kappa shape index (κ3) is 4.62. The van der Waals surface area contributed by atoms with E-state index in [-0.39, 0.29) is 36.5 Å². The zero-order chi connectivity index (χ0) is 19.6. The van der Waals surface area contributed by atoms with E-state index in [2.05, 4.69) is 4.98 Å². The van der Waals surface area contributed by atoms with Crippen molar-refractivity contribution in [2.24, 2.45) is 0 Å². The number of likely N-dealkylation sites (N-methyl/N-ethyl adjacent to an activating group) is 1. The van der Waals surface area contributed by atoms with Gasteiger partial charge >= 0.3 is 6.18 Å². The topological polar surface area (TPSA) is 58.4 Å². The van der Waals surface area contributed by atoms with Crippen LogP contribution in [0.25, 0.3) is 0 Å². The van der Waals surface area contributed by atoms with Crippen molar-refractivity contribution in [1.82, 2.24) is 14.5 Å². The quantitative estimate of drug-likeness (QED) is 0.777. The summed E-state index contributed by atoms with van der Waals surface area (Å²) in [6.45, 7) is -1.42. The summed E-state index contributed by atoms with van der Waals surface area (Å²) >= 11 is 1.41. The molecule has 0 saturated heterocycles. The molecular formula is C17H17F3N4O2S. The van der Waals surface area contributed by atoms with Gasteiger partial charge in [0, 0.05) is 24.3 Å². The molecule has 27 heavy (non-hydrogen) atoms. The van der Waals surface area contributed by atoms with Gasteiger partial charge in [-0.25, -0.2) is 4.98 Å². The number of imidazole rings is 1. The van der Waals surface area contributed by atoms with Crippen molar-refractivity contribution in [3.8, 4) is 0 Å². The van der Waals surface area contributed by atoms with Gasteiger partial charge in [0.05, 0.1) is 18.0 Å². The average molecular weight is 398 g/mol. The molecule has 3 rings (SSSR count). The molecule has 0 N–H and O–H groups in total. The van der Waals surface area contributed by atoms with Gasteiger partial charge in [-0.3, -0.25) is 9.59 Å². The molecule has 0 aliphatic carbocycles. The van der Waals surface area contributed by atoms with Crippen molar-refractivity contribution in [3.05, 3.63) is 42.5 Å². The summed E-state index contributed by atoms with van der Waals surface area (Å²) in [6.07, 6.45) is -1.89. The van der Waals surface area contributed by atoms with Crippen LogP contribution >= 0.6 is 11.8 Å². The lowest BCUT2D eigenvalue weighted by molar-refractivity contribution is -0.141. The second kappa shape index (κ2) is 7.63. The molecular weight excluding hydrogens is 381 g/mol. The van der Waals surface area contributed by atoms with E-state index in [1.807, 2.05) is 12.1 Å². The molecule has 10 heteroatoms. The van der Waals surface area contributed by atoms with Crippen LogP contribution in [0.4, 0.5) is 18.9 Å². The van der Waals surface area contributed by atoms with E-state index in [0.717, 1.165) is 9.46 Å². The number of thioether (sulfide) groups is 1. The van der Waals surface area contributed by atoms with Crippen molar-refractivity contribution in [2.45, 2.75) is 24.2 Å². The lowest BCUT2D eigenvalue weighted by Crippen LogP contribution is -2.44. The van der Waals surface area contributed by atoms with Crippen LogP contribution < -0.4 is 4.90 Å². The number of nitrogens with zero attached hydrogens (tertiary/aromatic N) is 4. The first kappa shape index (κ1) is 19.3. The Morgan fingerprint density at radius 2 is 2.07 bits per heavy atom. The summed E-state index contributed by atoms with van der Waals surface area (Å²) in [6, 6.07) is 7.28. The minimum atomic E-state index is -4.38. The van der Waals surface area contributed by atoms with Gasteiger partial charge in [-0.1, -0.05) is 12.1 Å². The highest BCUT2D eigenvalue weighted by Crippen LogP contribution is 2.34. The third-order valence-corrected chi connectivity index (χ3v) is 5.10. The molecule has 1 aromatic heterocycles. The second-order valence-electron chi connectivity index (χ2n) is 6.07. The molecule has 6 nitrogen and oxygen atoms in total. The SMILES string of the molecule is CN(Cc1nccn1CC(F)(F)F)C(=O)CN1C(=O)CSc2ccccc21. The fourth-order valence-electron chi connectivity index (χ4n) is 2.71. The number of hydrogen-bond acceptors (Lipinski definition) is 4. The van der Waals surface area contributed by atoms with Gasteiger partial charge in [-0.05, 0) is 12.1 Å². The Bertz CT molecular complexity index is 853. The van der Waals surface area contributed by atoms with Crippen molar-refractivity contribution in [3.63, 3.8) is 0 Å². The highest BCUT2D eigenvalue weighted by Gasteiger charge is 2.30. The molecule has 0 fully saturated rings. The van der Waals surface area contributed by atoms with Crippen molar-refractivity contribution in [1.29, 1.82) is 0 Å². The van der Waals surface area contributed by atoms with E-state index >= 15 is 0 Å². The van der Waals surface area contributed by atoms with Crippen LogP contribution in [0.2, 0.25) is 0 Å². The standard InChI is InChI=1S/C17H17F3N4O2S/c1-22(8-14-21-6-7-23(14)11-17(18,19)20)15(25)9-24-12-4-2-3-5-13(12)27-10-16(24)26/h2-7H,8-11H2,1H3. The highest BCUT2D eigenvalue weighted by molar-refractivity contribution is 8.00. The summed E-state index contributed by atoms with van der Waals surface area (Å²) in [5.41, 5.74) is 0.666. The Morgan fingerprint density at radius 1 is 1.33 bits per heavy atom. The summed E-state index contributed by atoms with van der Waals surface area (Å²) in [5.74, 6) is -0.195. The van der Waals surface area contributed by atoms with E-state index in [1.54, 1.807) is 12.1 Å². The Hall–Kier alpha value is -2.49. The van der Waals surface area contributed by atoms with E-state index in [0.29, 0.717) is 5.69 Å². The monoisotopic (exact) mass is 398 g/mol. The molecule has 0 bridgehead atoms. The normalized spacial score (nSPS) is 14.2. The third-order valence-electron chi connectivity index (χ3n) is 4.06. The molecule has 0 saturated carbocycles. The van der Waals surface area contributed by atoms with Gasteiger partial charge in [-0.15, -0.1) is 11.8 Å². The smallest absolute Gasteiger partial charge is 0.337 e. The zero-order valence-electron chi connectivity index (χ0n) is 14.4. The maximum Gasteiger partial charge on any atom is 0.406 e. The molecule has 1 aromatic carbocycles. The number of alkyl halides is 3. The molecule has 144 valence electrons. The summed E-state index contributed by atoms with van der Waals surface area (Å²) in [4.78, 5) is 32.3. The number of anilines is 1. The van der Waals surface area contributed by atoms with Gasteiger partial charge in [0.15, 0.2) is 0 Å². The second-order valence-corrected chi connectivity index (χ2v) is 7.09. The number of fused-ring (bicyclic) bond motifs is 1. The van der Waals surface area contributed by atoms with Crippen LogP contribution in [0.3, 0.4) is 0 Å². The first-order valence-electron chi connectivity index (χ1n) is 8.07. The number of para-hydroxylation sites is 1. The van der Waals surface area contributed by atoms with E-state index in [1.165, 1.54) is 41.0 Å². The summed E-state index contributed by atoms with van der Waals surface area (Å²) in [5, 5.41) is 0. The Kier molecular flexibility index (Phi) is 5.45. The first-order valence-corrected chi connectivity index (χ1v) is 9.06. The van der Waals surface area contributed by atoms with Crippen LogP contribution in [-0.2, 0) is 22.7 Å². The number of aromatic nitrogens is 2. The van der Waals surface area contributed by atoms with Gasteiger partial charge < -0.3 is 14.4 Å². The number of halogens is 3. The number of rotatable bonds is 5. The van der Waals surface area contributed by atoms with Crippen molar-refractivity contribution < 1.29 is 22.8 Å². The Morgan fingerprint density at radius 3 is 2.81 bits per heavy atom. The number of carbonyl (C=O) groups excluding carboxylic acids is 2. The summed E-state index contributed by atoms with van der Waals surface area (Å²) in [7, 11) is 1.48. The van der Waals surface area contributed by atoms with E-state index in [4.69, 9.17) is 0 Å². The van der Waals surface area contributed by atoms with Crippen molar-refractivity contribution in [2.75, 3.05) is 24.2 Å². The lowest BCUT2D eigenvalue weighted by Gasteiger charge is -2.30. The number of benzene rings is 1. The van der Waals surface area contributed by atoms with Gasteiger partial charge in [0.1, 0.15) is 18.9 Å². The minimum Gasteiger partial charge on any atom is -0.337 e. The first-order chi connectivity index (χ1) is 12.7. The molecule has 0 unspecified atom stereocenters. The molecule has 0 atom stereocenters. The number of hydrogen-bond donors (Lipinski definition) is 0. The maximum atomic E-state index is 12.6. The van der Waals surface area contributed by atoms with Crippen molar-refractivity contribution >= 4 is 29.3 Å². The van der Waals surface area contributed by atoms with E-state index in [9.17, 15) is 22.8 Å². The molecule has 1 aliphatic rings. The van der Waals surface area contributed by atoms with Gasteiger partial charge in [0.2, 0.25) is 11.8 Å². The number of carbonyl (C=O) groups is 2. The van der Waals surface area contributed by atoms with Crippen LogP contribution in [0.5, 0.6) is 0 Å². The largest absolute Gasteiger partial charge is 0.406 e. The molecule has 0 radical (unpaired) electrons. The summed E-state index contributed by atoms with van der Waals surface area (Å²) < 4.78 is 38.8. The highest BCUT2D eigenvalue weighted by atomic mass is 32.2. The fraction of sp³-hybridized carbons (Fsp3) is 0.353. The molecule has 2 heterocycles. The number of amides is 2. The van der Waals surface area contributed by atoms with Gasteiger partial charge in [-0.2, -0.15) is 13.2 Å². The van der Waals surface area contributed by atoms with Crippen LogP contribution in [0, 0.1) is 0 Å². The van der Waals surface area contributed by atoms with E-state index < -0.39 is 12.7 Å². The van der Waals surface area contributed by atoms with Crippen LogP contribution in [0.15, 0.2) is 41.6 Å². The fourth-order valence-corrected chi connectivity index (χ4v) is 3.65. The zero-order valence-corrected chi connectivity index (χ0v) is 15.3. The predicted molar refractivity (Wildman–Crippen MR) is 94.3 cm³/mol. The minimum absolute atomic E-state index is 0.0830. The van der Waals surface area contributed by atoms with Crippen LogP contribution in [0.1, 0.15) is 5.82 Å². The maximum absolute atomic E-state index is 12.6. The predicted octanol–water partition coefficient (Wildman–Crippen LogP) is 2.54. The Labute approximate surface area is 158 Å². The molecule has 2 aromatic rings.